The summed E-state index contributed by atoms with van der Waals surface area (Å²) in [6.45, 7) is -0.271. The number of benzene rings is 1. The van der Waals surface area contributed by atoms with E-state index >= 15 is 0 Å². The van der Waals surface area contributed by atoms with Crippen LogP contribution in [0.5, 0.6) is 0 Å². The minimum atomic E-state index is -0.576. The number of H-pyrrole nitrogens is 1. The maximum absolute atomic E-state index is 12.3. The number of amides is 1. The molecule has 0 aliphatic heterocycles. The van der Waals surface area contributed by atoms with Crippen molar-refractivity contribution in [1.82, 2.24) is 15.1 Å². The van der Waals surface area contributed by atoms with E-state index in [-0.39, 0.29) is 24.2 Å². The van der Waals surface area contributed by atoms with Crippen molar-refractivity contribution in [3.63, 3.8) is 0 Å². The first-order chi connectivity index (χ1) is 11.2. The van der Waals surface area contributed by atoms with E-state index in [0.29, 0.717) is 0 Å². The van der Waals surface area contributed by atoms with Crippen LogP contribution in [0.1, 0.15) is 40.5 Å². The van der Waals surface area contributed by atoms with Gasteiger partial charge in [0.05, 0.1) is 6.04 Å². The summed E-state index contributed by atoms with van der Waals surface area (Å²) in [6, 6.07) is 9.74. The van der Waals surface area contributed by atoms with Gasteiger partial charge in [-0.2, -0.15) is 5.10 Å². The normalized spacial score (nSPS) is 16.5. The zero-order valence-electron chi connectivity index (χ0n) is 13.0. The summed E-state index contributed by atoms with van der Waals surface area (Å²) < 4.78 is 5.05. The lowest BCUT2D eigenvalue weighted by Crippen LogP contribution is -2.36. The number of carbonyl (C=O) groups is 2. The van der Waals surface area contributed by atoms with E-state index in [0.717, 1.165) is 19.3 Å². The molecule has 6 heteroatoms. The number of esters is 1. The summed E-state index contributed by atoms with van der Waals surface area (Å²) >= 11 is 0. The second-order valence-electron chi connectivity index (χ2n) is 5.66. The molecule has 0 radical (unpaired) electrons. The minimum absolute atomic E-state index is 0.0401. The molecule has 120 valence electrons. The largest absolute Gasteiger partial charge is 0.451 e. The molecule has 0 saturated heterocycles. The van der Waals surface area contributed by atoms with Gasteiger partial charge >= 0.3 is 5.97 Å². The van der Waals surface area contributed by atoms with Gasteiger partial charge < -0.3 is 9.64 Å². The molecule has 0 spiro atoms. The van der Waals surface area contributed by atoms with Crippen LogP contribution >= 0.6 is 0 Å². The van der Waals surface area contributed by atoms with Crippen molar-refractivity contribution in [3.8, 4) is 0 Å². The van der Waals surface area contributed by atoms with Crippen molar-refractivity contribution in [2.45, 2.75) is 25.3 Å². The molecule has 1 aliphatic carbocycles. The number of rotatable bonds is 4. The molecule has 1 aliphatic rings. The number of fused-ring (bicyclic) bond motifs is 1. The van der Waals surface area contributed by atoms with E-state index in [1.807, 2.05) is 12.1 Å². The number of ether oxygens (including phenoxy) is 1. The maximum atomic E-state index is 12.3. The summed E-state index contributed by atoms with van der Waals surface area (Å²) in [4.78, 5) is 25.8. The van der Waals surface area contributed by atoms with Gasteiger partial charge in [-0.15, -0.1) is 0 Å². The van der Waals surface area contributed by atoms with Crippen LogP contribution in [0.15, 0.2) is 36.5 Å². The number of hydrogen-bond donors (Lipinski definition) is 1. The molecule has 23 heavy (non-hydrogen) atoms. The molecule has 1 amide bonds. The van der Waals surface area contributed by atoms with Crippen LogP contribution in [0.3, 0.4) is 0 Å². The summed E-state index contributed by atoms with van der Waals surface area (Å²) in [6.07, 6.45) is 4.48. The average molecular weight is 313 g/mol. The highest BCUT2D eigenvalue weighted by molar-refractivity contribution is 5.89. The van der Waals surface area contributed by atoms with Crippen LogP contribution in [0.4, 0.5) is 0 Å². The monoisotopic (exact) mass is 313 g/mol. The Bertz CT molecular complexity index is 697. The van der Waals surface area contributed by atoms with Crippen molar-refractivity contribution in [2.24, 2.45) is 0 Å². The van der Waals surface area contributed by atoms with E-state index in [4.69, 9.17) is 4.74 Å². The first kappa shape index (κ1) is 15.3. The molecular formula is C17H19N3O3. The molecule has 0 bridgehead atoms. The van der Waals surface area contributed by atoms with Crippen molar-refractivity contribution in [1.29, 1.82) is 0 Å². The van der Waals surface area contributed by atoms with Gasteiger partial charge in [-0.25, -0.2) is 4.79 Å². The number of likely N-dealkylation sites (N-methyl/N-ethyl adjacent to an activating group) is 1. The summed E-state index contributed by atoms with van der Waals surface area (Å²) in [7, 11) is 1.76. The Labute approximate surface area is 134 Å². The zero-order chi connectivity index (χ0) is 16.2. The third-order valence-corrected chi connectivity index (χ3v) is 4.25. The fraction of sp³-hybridized carbons (Fsp3) is 0.353. The van der Waals surface area contributed by atoms with Gasteiger partial charge in [-0.05, 0) is 36.5 Å². The van der Waals surface area contributed by atoms with Gasteiger partial charge in [0.25, 0.3) is 5.91 Å². The molecule has 0 fully saturated rings. The molecule has 2 aromatic rings. The second kappa shape index (κ2) is 6.64. The number of aromatic nitrogens is 2. The highest BCUT2D eigenvalue weighted by Crippen LogP contribution is 2.33. The predicted octanol–water partition coefficient (Wildman–Crippen LogP) is 2.10. The Morgan fingerprint density at radius 1 is 1.35 bits per heavy atom. The van der Waals surface area contributed by atoms with E-state index in [9.17, 15) is 9.59 Å². The van der Waals surface area contributed by atoms with Crippen LogP contribution in [-0.2, 0) is 16.0 Å². The Balaban J connectivity index is 1.63. The number of hydrogen-bond acceptors (Lipinski definition) is 4. The molecule has 1 aromatic carbocycles. The topological polar surface area (TPSA) is 75.3 Å². The standard InChI is InChI=1S/C17H19N3O3/c1-20(15-8-4-6-12-5-2-3-7-13(12)15)16(21)11-23-17(22)14-9-10-18-19-14/h2-3,5,7,9-10,15H,4,6,8,11H2,1H3,(H,18,19). The summed E-state index contributed by atoms with van der Waals surface area (Å²) in [5, 5.41) is 6.20. The smallest absolute Gasteiger partial charge is 0.356 e. The predicted molar refractivity (Wildman–Crippen MR) is 83.8 cm³/mol. The van der Waals surface area contributed by atoms with E-state index < -0.39 is 5.97 Å². The van der Waals surface area contributed by atoms with Crippen LogP contribution in [0.2, 0.25) is 0 Å². The first-order valence-electron chi connectivity index (χ1n) is 7.67. The number of aromatic amines is 1. The Hall–Kier alpha value is -2.63. The molecule has 3 rings (SSSR count). The molecule has 1 heterocycles. The molecule has 1 N–H and O–H groups in total. The third kappa shape index (κ3) is 3.26. The lowest BCUT2D eigenvalue weighted by Gasteiger charge is -2.33. The summed E-state index contributed by atoms with van der Waals surface area (Å²) in [5.41, 5.74) is 2.72. The number of nitrogens with zero attached hydrogens (tertiary/aromatic N) is 2. The Kier molecular flexibility index (Phi) is 4.41. The summed E-state index contributed by atoms with van der Waals surface area (Å²) in [5.74, 6) is -0.784. The zero-order valence-corrected chi connectivity index (χ0v) is 13.0. The molecule has 1 atom stereocenters. The van der Waals surface area contributed by atoms with Gasteiger partial charge in [-0.1, -0.05) is 24.3 Å². The second-order valence-corrected chi connectivity index (χ2v) is 5.66. The van der Waals surface area contributed by atoms with Crippen molar-refractivity contribution in [3.05, 3.63) is 53.3 Å². The van der Waals surface area contributed by atoms with Crippen LogP contribution in [0.25, 0.3) is 0 Å². The highest BCUT2D eigenvalue weighted by atomic mass is 16.5. The lowest BCUT2D eigenvalue weighted by atomic mass is 9.87. The van der Waals surface area contributed by atoms with Gasteiger partial charge in [0.15, 0.2) is 6.61 Å². The molecule has 0 saturated carbocycles. The third-order valence-electron chi connectivity index (χ3n) is 4.25. The van der Waals surface area contributed by atoms with Crippen molar-refractivity contribution < 1.29 is 14.3 Å². The van der Waals surface area contributed by atoms with Crippen LogP contribution < -0.4 is 0 Å². The quantitative estimate of drug-likeness (QED) is 0.877. The van der Waals surface area contributed by atoms with Crippen LogP contribution in [-0.4, -0.2) is 40.6 Å². The molecular weight excluding hydrogens is 294 g/mol. The highest BCUT2D eigenvalue weighted by Gasteiger charge is 2.27. The lowest BCUT2D eigenvalue weighted by molar-refractivity contribution is -0.135. The Morgan fingerprint density at radius 2 is 2.17 bits per heavy atom. The van der Waals surface area contributed by atoms with Gasteiger partial charge in [-0.3, -0.25) is 9.89 Å². The number of nitrogens with one attached hydrogen (secondary N) is 1. The fourth-order valence-corrected chi connectivity index (χ4v) is 2.98. The van der Waals surface area contributed by atoms with E-state index in [2.05, 4.69) is 22.3 Å². The van der Waals surface area contributed by atoms with Gasteiger partial charge in [0.1, 0.15) is 5.69 Å². The van der Waals surface area contributed by atoms with Gasteiger partial charge in [0.2, 0.25) is 0 Å². The Morgan fingerprint density at radius 3 is 2.96 bits per heavy atom. The maximum Gasteiger partial charge on any atom is 0.356 e. The van der Waals surface area contributed by atoms with Gasteiger partial charge in [0, 0.05) is 13.2 Å². The average Bonchev–Trinajstić information content (AvgIpc) is 3.13. The van der Waals surface area contributed by atoms with Crippen molar-refractivity contribution >= 4 is 11.9 Å². The van der Waals surface area contributed by atoms with Crippen molar-refractivity contribution in [2.75, 3.05) is 13.7 Å². The molecule has 1 aromatic heterocycles. The minimum Gasteiger partial charge on any atom is -0.451 e. The molecule has 1 unspecified atom stereocenters. The van der Waals surface area contributed by atoms with E-state index in [1.165, 1.54) is 23.4 Å². The first-order valence-corrected chi connectivity index (χ1v) is 7.67. The number of aryl methyl sites for hydroxylation is 1. The van der Waals surface area contributed by atoms with Crippen LogP contribution in [0, 0.1) is 0 Å². The molecule has 6 nitrogen and oxygen atoms in total. The SMILES string of the molecule is CN(C(=O)COC(=O)c1ccn[nH]1)C1CCCc2ccccc21. The van der Waals surface area contributed by atoms with E-state index in [1.54, 1.807) is 11.9 Å². The fourth-order valence-electron chi connectivity index (χ4n) is 2.98. The number of carbonyl (C=O) groups excluding carboxylic acids is 2.